The van der Waals surface area contributed by atoms with Crippen LogP contribution < -0.4 is 5.32 Å². The van der Waals surface area contributed by atoms with Crippen molar-refractivity contribution in [3.05, 3.63) is 24.2 Å². The molecule has 90 valence electrons. The topological polar surface area (TPSA) is 34.4 Å². The third-order valence-corrected chi connectivity index (χ3v) is 3.37. The second-order valence-corrected chi connectivity index (χ2v) is 4.48. The zero-order valence-corrected chi connectivity index (χ0v) is 9.95. The average Bonchev–Trinajstić information content (AvgIpc) is 2.71. The van der Waals surface area contributed by atoms with Gasteiger partial charge in [0, 0.05) is 13.2 Å². The molecular formula is C13H21NO2. The Balaban J connectivity index is 1.85. The quantitative estimate of drug-likeness (QED) is 0.797. The fraction of sp³-hybridized carbons (Fsp3) is 0.692. The second-order valence-electron chi connectivity index (χ2n) is 4.48. The molecule has 0 aromatic carbocycles. The third kappa shape index (κ3) is 3.09. The van der Waals surface area contributed by atoms with Crippen LogP contribution in [0.15, 0.2) is 22.8 Å². The van der Waals surface area contributed by atoms with Gasteiger partial charge in [-0.2, -0.15) is 0 Å². The summed E-state index contributed by atoms with van der Waals surface area (Å²) in [5, 5.41) is 3.55. The molecule has 1 aromatic heterocycles. The zero-order chi connectivity index (χ0) is 11.2. The van der Waals surface area contributed by atoms with Gasteiger partial charge in [-0.25, -0.2) is 0 Å². The van der Waals surface area contributed by atoms with E-state index >= 15 is 0 Å². The maximum Gasteiger partial charge on any atom is 0.117 e. The van der Waals surface area contributed by atoms with Crippen molar-refractivity contribution >= 4 is 0 Å². The van der Waals surface area contributed by atoms with E-state index in [1.54, 1.807) is 6.26 Å². The number of hydrogen-bond acceptors (Lipinski definition) is 3. The predicted octanol–water partition coefficient (Wildman–Crippen LogP) is 2.72. The molecule has 1 aliphatic carbocycles. The lowest BCUT2D eigenvalue weighted by Gasteiger charge is -2.24. The van der Waals surface area contributed by atoms with E-state index in [4.69, 9.17) is 9.15 Å². The summed E-state index contributed by atoms with van der Waals surface area (Å²) >= 11 is 0. The van der Waals surface area contributed by atoms with Gasteiger partial charge in [0.1, 0.15) is 5.76 Å². The Hall–Kier alpha value is -0.800. The first-order chi connectivity index (χ1) is 7.90. The standard InChI is InChI=1S/C13H21NO2/c1-15-13-8-4-2-3-7-12(13)14-10-11-6-5-9-16-11/h5-6,9,12-14H,2-4,7-8,10H2,1H3. The SMILES string of the molecule is COC1CCCCCC1NCc1ccco1. The lowest BCUT2D eigenvalue weighted by atomic mass is 10.1. The van der Waals surface area contributed by atoms with E-state index in [9.17, 15) is 0 Å². The fourth-order valence-corrected chi connectivity index (χ4v) is 2.43. The highest BCUT2D eigenvalue weighted by atomic mass is 16.5. The molecule has 1 saturated carbocycles. The van der Waals surface area contributed by atoms with E-state index in [0.717, 1.165) is 12.3 Å². The van der Waals surface area contributed by atoms with Gasteiger partial charge < -0.3 is 14.5 Å². The summed E-state index contributed by atoms with van der Waals surface area (Å²) in [6.07, 6.45) is 8.38. The van der Waals surface area contributed by atoms with Crippen molar-refractivity contribution in [1.29, 1.82) is 0 Å². The van der Waals surface area contributed by atoms with Gasteiger partial charge in [-0.3, -0.25) is 0 Å². The summed E-state index contributed by atoms with van der Waals surface area (Å²) in [6.45, 7) is 0.803. The minimum absolute atomic E-state index is 0.359. The Morgan fingerprint density at radius 2 is 2.25 bits per heavy atom. The van der Waals surface area contributed by atoms with Crippen LogP contribution >= 0.6 is 0 Å². The Morgan fingerprint density at radius 3 is 3.00 bits per heavy atom. The molecular weight excluding hydrogens is 202 g/mol. The van der Waals surface area contributed by atoms with Gasteiger partial charge in [0.15, 0.2) is 0 Å². The van der Waals surface area contributed by atoms with Crippen molar-refractivity contribution < 1.29 is 9.15 Å². The summed E-state index contributed by atoms with van der Waals surface area (Å²) in [6, 6.07) is 4.40. The summed E-state index contributed by atoms with van der Waals surface area (Å²) in [5.41, 5.74) is 0. The maximum absolute atomic E-state index is 5.56. The smallest absolute Gasteiger partial charge is 0.117 e. The van der Waals surface area contributed by atoms with E-state index < -0.39 is 0 Å². The molecule has 3 heteroatoms. The Kier molecular flexibility index (Phi) is 4.43. The van der Waals surface area contributed by atoms with Crippen LogP contribution in [0.25, 0.3) is 0 Å². The largest absolute Gasteiger partial charge is 0.468 e. The predicted molar refractivity (Wildman–Crippen MR) is 63.2 cm³/mol. The minimum atomic E-state index is 0.359. The van der Waals surface area contributed by atoms with Gasteiger partial charge in [0.25, 0.3) is 0 Å². The summed E-state index contributed by atoms with van der Waals surface area (Å²) in [4.78, 5) is 0. The van der Waals surface area contributed by atoms with Gasteiger partial charge >= 0.3 is 0 Å². The van der Waals surface area contributed by atoms with Crippen LogP contribution in [0.5, 0.6) is 0 Å². The zero-order valence-electron chi connectivity index (χ0n) is 9.95. The summed E-state index contributed by atoms with van der Waals surface area (Å²) in [5.74, 6) is 0.999. The molecule has 0 amide bonds. The Morgan fingerprint density at radius 1 is 1.38 bits per heavy atom. The molecule has 2 atom stereocenters. The van der Waals surface area contributed by atoms with Crippen molar-refractivity contribution in [2.45, 2.75) is 50.8 Å². The van der Waals surface area contributed by atoms with Crippen LogP contribution in [0.2, 0.25) is 0 Å². The van der Waals surface area contributed by atoms with E-state index in [1.807, 2.05) is 19.2 Å². The average molecular weight is 223 g/mol. The Bertz CT molecular complexity index is 284. The molecule has 16 heavy (non-hydrogen) atoms. The summed E-state index contributed by atoms with van der Waals surface area (Å²) in [7, 11) is 1.82. The number of rotatable bonds is 4. The summed E-state index contributed by atoms with van der Waals surface area (Å²) < 4.78 is 10.9. The second kappa shape index (κ2) is 6.06. The van der Waals surface area contributed by atoms with E-state index in [-0.39, 0.29) is 0 Å². The highest BCUT2D eigenvalue weighted by Crippen LogP contribution is 2.20. The molecule has 1 fully saturated rings. The van der Waals surface area contributed by atoms with Crippen molar-refractivity contribution in [3.8, 4) is 0 Å². The molecule has 1 aliphatic rings. The molecule has 0 saturated heterocycles. The van der Waals surface area contributed by atoms with Crippen molar-refractivity contribution in [3.63, 3.8) is 0 Å². The van der Waals surface area contributed by atoms with Gasteiger partial charge in [0.05, 0.1) is 18.9 Å². The van der Waals surface area contributed by atoms with E-state index in [1.165, 1.54) is 32.1 Å². The molecule has 1 N–H and O–H groups in total. The van der Waals surface area contributed by atoms with Crippen LogP contribution in [0.1, 0.15) is 37.9 Å². The van der Waals surface area contributed by atoms with Crippen LogP contribution in [0, 0.1) is 0 Å². The first kappa shape index (κ1) is 11.7. The third-order valence-electron chi connectivity index (χ3n) is 3.37. The van der Waals surface area contributed by atoms with Crippen LogP contribution in [-0.4, -0.2) is 19.3 Å². The molecule has 2 unspecified atom stereocenters. The maximum atomic E-state index is 5.56. The van der Waals surface area contributed by atoms with Crippen molar-refractivity contribution in [2.24, 2.45) is 0 Å². The monoisotopic (exact) mass is 223 g/mol. The molecule has 2 rings (SSSR count). The van der Waals surface area contributed by atoms with Crippen molar-refractivity contribution in [2.75, 3.05) is 7.11 Å². The number of furan rings is 1. The highest BCUT2D eigenvalue weighted by Gasteiger charge is 2.22. The number of methoxy groups -OCH3 is 1. The van der Waals surface area contributed by atoms with Gasteiger partial charge in [0.2, 0.25) is 0 Å². The first-order valence-electron chi connectivity index (χ1n) is 6.18. The van der Waals surface area contributed by atoms with Crippen molar-refractivity contribution in [1.82, 2.24) is 5.32 Å². The number of ether oxygens (including phenoxy) is 1. The molecule has 1 aromatic rings. The normalized spacial score (nSPS) is 26.6. The lowest BCUT2D eigenvalue weighted by molar-refractivity contribution is 0.0620. The van der Waals surface area contributed by atoms with Gasteiger partial charge in [-0.15, -0.1) is 0 Å². The lowest BCUT2D eigenvalue weighted by Crippen LogP contribution is -2.39. The van der Waals surface area contributed by atoms with E-state index in [2.05, 4.69) is 5.32 Å². The number of hydrogen-bond donors (Lipinski definition) is 1. The van der Waals surface area contributed by atoms with Crippen LogP contribution in [-0.2, 0) is 11.3 Å². The first-order valence-corrected chi connectivity index (χ1v) is 6.18. The van der Waals surface area contributed by atoms with Crippen LogP contribution in [0.3, 0.4) is 0 Å². The van der Waals surface area contributed by atoms with Gasteiger partial charge in [-0.05, 0) is 25.0 Å². The van der Waals surface area contributed by atoms with Gasteiger partial charge in [-0.1, -0.05) is 19.3 Å². The van der Waals surface area contributed by atoms with E-state index in [0.29, 0.717) is 12.1 Å². The molecule has 0 bridgehead atoms. The number of nitrogens with one attached hydrogen (secondary N) is 1. The molecule has 1 heterocycles. The minimum Gasteiger partial charge on any atom is -0.468 e. The fourth-order valence-electron chi connectivity index (χ4n) is 2.43. The molecule has 0 radical (unpaired) electrons. The molecule has 0 aliphatic heterocycles. The van der Waals surface area contributed by atoms with Crippen LogP contribution in [0.4, 0.5) is 0 Å². The molecule has 0 spiro atoms. The Labute approximate surface area is 97.2 Å². The highest BCUT2D eigenvalue weighted by molar-refractivity contribution is 4.98. The molecule has 3 nitrogen and oxygen atoms in total.